The summed E-state index contributed by atoms with van der Waals surface area (Å²) in [6, 6.07) is -5.73. The van der Waals surface area contributed by atoms with E-state index in [-0.39, 0.29) is 31.6 Å². The smallest absolute Gasteiger partial charge is 0.330 e. The minimum atomic E-state index is -1.46. The number of hydrogen-bond donors (Lipinski definition) is 5. The summed E-state index contributed by atoms with van der Waals surface area (Å²) >= 11 is 0. The summed E-state index contributed by atoms with van der Waals surface area (Å²) in [6.07, 6.45) is 5.33. The molecule has 262 valence electrons. The number of carbonyl (C=O) groups excluding carboxylic acids is 6. The molecule has 3 aliphatic rings. The van der Waals surface area contributed by atoms with Crippen molar-refractivity contribution < 1.29 is 43.4 Å². The third-order valence-corrected chi connectivity index (χ3v) is 8.41. The van der Waals surface area contributed by atoms with Crippen LogP contribution in [-0.2, 0) is 38.3 Å². The predicted octanol–water partition coefficient (Wildman–Crippen LogP) is 0.207. The second-order valence-electron chi connectivity index (χ2n) is 12.8. The van der Waals surface area contributed by atoms with Crippen LogP contribution in [0.1, 0.15) is 91.9 Å². The van der Waals surface area contributed by atoms with E-state index in [2.05, 4.69) is 26.5 Å². The van der Waals surface area contributed by atoms with Gasteiger partial charge < -0.3 is 25.8 Å². The number of nitrogens with one attached hydrogen (secondary N) is 4. The summed E-state index contributed by atoms with van der Waals surface area (Å²) in [7, 11) is 0. The van der Waals surface area contributed by atoms with Gasteiger partial charge in [0.25, 0.3) is 5.91 Å². The van der Waals surface area contributed by atoms with Gasteiger partial charge in [0.05, 0.1) is 5.92 Å². The first-order chi connectivity index (χ1) is 22.3. The van der Waals surface area contributed by atoms with Crippen LogP contribution in [0.2, 0.25) is 0 Å². The number of amides is 5. The first-order valence-corrected chi connectivity index (χ1v) is 16.6. The van der Waals surface area contributed by atoms with Crippen LogP contribution in [0.3, 0.4) is 0 Å². The Hall–Kier alpha value is -4.08. The molecule has 3 rings (SSSR count). The molecule has 3 aliphatic heterocycles. The van der Waals surface area contributed by atoms with Crippen molar-refractivity contribution in [1.29, 1.82) is 0 Å². The SMILES string of the molecule is CCCCC[C@@H](CC(=O)N1N=CCC[C@H]1C(=O)N[C@H]1COC(=O)[C@H]2CCCNN2C(=O)[C@H](C)NC(=O)[C@@H](CC(C)C)NC1=O)C(=O)O. The standard InChI is InChI=1S/C31H49N7O9/c1-5-6-7-10-20(30(44)45)16-25(39)37-23(11-8-13-32-37)28(42)36-22-17-47-31(46)24-12-9-14-33-38(24)29(43)19(4)34-26(40)21(15-18(2)3)35-27(22)41/h13,18-24,33H,5-12,14-17H2,1-4H3,(H,34,40)(H,35,41)(H,36,42)(H,44,45)/t19-,20-,21+,22-,23-,24+/m0/s1. The molecule has 0 aromatic rings. The summed E-state index contributed by atoms with van der Waals surface area (Å²) in [5.41, 5.74) is 2.89. The molecule has 0 spiro atoms. The molecule has 16 nitrogen and oxygen atoms in total. The van der Waals surface area contributed by atoms with Gasteiger partial charge in [-0.05, 0) is 51.4 Å². The predicted molar refractivity (Wildman–Crippen MR) is 168 cm³/mol. The Bertz CT molecular complexity index is 1210. The van der Waals surface area contributed by atoms with Crippen molar-refractivity contribution in [2.24, 2.45) is 16.9 Å². The average molecular weight is 664 g/mol. The largest absolute Gasteiger partial charge is 0.481 e. The number of fused-ring (bicyclic) bond motifs is 1. The number of cyclic esters (lactones) is 1. The molecule has 47 heavy (non-hydrogen) atoms. The minimum Gasteiger partial charge on any atom is -0.481 e. The molecule has 0 aromatic carbocycles. The van der Waals surface area contributed by atoms with Gasteiger partial charge in [0, 0.05) is 19.2 Å². The highest BCUT2D eigenvalue weighted by Crippen LogP contribution is 2.21. The molecular formula is C31H49N7O9. The fraction of sp³-hybridized carbons (Fsp3) is 0.742. The van der Waals surface area contributed by atoms with E-state index >= 15 is 0 Å². The number of carbonyl (C=O) groups is 7. The quantitative estimate of drug-likeness (QED) is 0.150. The molecule has 0 aliphatic carbocycles. The van der Waals surface area contributed by atoms with Gasteiger partial charge in [0.15, 0.2) is 0 Å². The Kier molecular flexibility index (Phi) is 14.1. The van der Waals surface area contributed by atoms with Crippen molar-refractivity contribution in [3.8, 4) is 0 Å². The fourth-order valence-electron chi connectivity index (χ4n) is 5.78. The van der Waals surface area contributed by atoms with Crippen LogP contribution >= 0.6 is 0 Å². The second-order valence-corrected chi connectivity index (χ2v) is 12.8. The Balaban J connectivity index is 1.84. The van der Waals surface area contributed by atoms with Gasteiger partial charge in [0.1, 0.15) is 36.8 Å². The number of hydrogen-bond acceptors (Lipinski definition) is 10. The first-order valence-electron chi connectivity index (χ1n) is 16.6. The first kappa shape index (κ1) is 37.4. The van der Waals surface area contributed by atoms with Crippen molar-refractivity contribution in [3.05, 3.63) is 0 Å². The van der Waals surface area contributed by atoms with E-state index in [0.717, 1.165) is 22.9 Å². The molecule has 0 aromatic heterocycles. The molecule has 5 N–H and O–H groups in total. The van der Waals surface area contributed by atoms with Crippen LogP contribution in [0.5, 0.6) is 0 Å². The molecule has 0 bridgehead atoms. The van der Waals surface area contributed by atoms with Crippen LogP contribution in [0.25, 0.3) is 0 Å². The highest BCUT2D eigenvalue weighted by atomic mass is 16.5. The van der Waals surface area contributed by atoms with E-state index in [1.165, 1.54) is 13.1 Å². The van der Waals surface area contributed by atoms with Crippen molar-refractivity contribution in [2.75, 3.05) is 13.2 Å². The Morgan fingerprint density at radius 1 is 1.11 bits per heavy atom. The average Bonchev–Trinajstić information content (AvgIpc) is 3.04. The minimum absolute atomic E-state index is 0.0389. The maximum absolute atomic E-state index is 13.6. The van der Waals surface area contributed by atoms with Crippen molar-refractivity contribution in [2.45, 2.75) is 122 Å². The topological polar surface area (TPSA) is 216 Å². The zero-order chi connectivity index (χ0) is 34.7. The Morgan fingerprint density at radius 2 is 1.85 bits per heavy atom. The monoisotopic (exact) mass is 663 g/mol. The van der Waals surface area contributed by atoms with Gasteiger partial charge in [-0.25, -0.2) is 15.2 Å². The summed E-state index contributed by atoms with van der Waals surface area (Å²) in [5.74, 6) is -6.25. The van der Waals surface area contributed by atoms with E-state index in [1.807, 2.05) is 20.8 Å². The van der Waals surface area contributed by atoms with Gasteiger partial charge >= 0.3 is 11.9 Å². The number of unbranched alkanes of at least 4 members (excludes halogenated alkanes) is 2. The molecule has 2 saturated heterocycles. The lowest BCUT2D eigenvalue weighted by Gasteiger charge is -2.36. The third kappa shape index (κ3) is 10.5. The molecular weight excluding hydrogens is 614 g/mol. The lowest BCUT2D eigenvalue weighted by atomic mass is 9.97. The molecule has 5 amide bonds. The van der Waals surface area contributed by atoms with Gasteiger partial charge in [0.2, 0.25) is 23.6 Å². The zero-order valence-corrected chi connectivity index (χ0v) is 27.7. The van der Waals surface area contributed by atoms with Gasteiger partial charge in [-0.15, -0.1) is 0 Å². The van der Waals surface area contributed by atoms with E-state index in [9.17, 15) is 38.7 Å². The number of rotatable bonds is 11. The fourth-order valence-corrected chi connectivity index (χ4v) is 5.78. The lowest BCUT2D eigenvalue weighted by Crippen LogP contribution is -2.61. The lowest BCUT2D eigenvalue weighted by molar-refractivity contribution is -0.162. The van der Waals surface area contributed by atoms with Crippen LogP contribution < -0.4 is 21.4 Å². The van der Waals surface area contributed by atoms with Gasteiger partial charge in [-0.1, -0.05) is 40.0 Å². The molecule has 3 heterocycles. The summed E-state index contributed by atoms with van der Waals surface area (Å²) in [4.78, 5) is 92.1. The van der Waals surface area contributed by atoms with Crippen LogP contribution in [0.15, 0.2) is 5.10 Å². The third-order valence-electron chi connectivity index (χ3n) is 8.41. The van der Waals surface area contributed by atoms with Crippen molar-refractivity contribution >= 4 is 47.7 Å². The normalized spacial score (nSPS) is 26.5. The second kappa shape index (κ2) is 17.7. The van der Waals surface area contributed by atoms with Crippen LogP contribution in [0, 0.1) is 11.8 Å². The number of carboxylic acid groups (broad SMARTS) is 1. The number of hydrazone groups is 1. The molecule has 0 radical (unpaired) electrons. The number of hydrazine groups is 1. The van der Waals surface area contributed by atoms with Gasteiger partial charge in [-0.3, -0.25) is 33.8 Å². The van der Waals surface area contributed by atoms with E-state index in [4.69, 9.17) is 4.74 Å². The maximum Gasteiger partial charge on any atom is 0.330 e. The Labute approximate surface area is 274 Å². The number of esters is 1. The maximum atomic E-state index is 13.6. The van der Waals surface area contributed by atoms with E-state index in [0.29, 0.717) is 32.2 Å². The summed E-state index contributed by atoms with van der Waals surface area (Å²) in [5, 5.41) is 23.7. The van der Waals surface area contributed by atoms with E-state index in [1.54, 1.807) is 0 Å². The summed E-state index contributed by atoms with van der Waals surface area (Å²) in [6.45, 7) is 7.00. The Morgan fingerprint density at radius 3 is 2.53 bits per heavy atom. The highest BCUT2D eigenvalue weighted by molar-refractivity contribution is 5.97. The number of carboxylic acids is 1. The zero-order valence-electron chi connectivity index (χ0n) is 27.7. The van der Waals surface area contributed by atoms with Gasteiger partial charge in [-0.2, -0.15) is 5.10 Å². The van der Waals surface area contributed by atoms with Crippen LogP contribution in [-0.4, -0.2) is 106 Å². The van der Waals surface area contributed by atoms with Crippen molar-refractivity contribution in [3.63, 3.8) is 0 Å². The van der Waals surface area contributed by atoms with E-state index < -0.39 is 84.2 Å². The molecule has 16 heteroatoms. The highest BCUT2D eigenvalue weighted by Gasteiger charge is 2.40. The molecule has 0 saturated carbocycles. The molecule has 6 atom stereocenters. The number of nitrogens with zero attached hydrogens (tertiary/aromatic N) is 3. The van der Waals surface area contributed by atoms with Crippen LogP contribution in [0.4, 0.5) is 0 Å². The summed E-state index contributed by atoms with van der Waals surface area (Å²) < 4.78 is 5.49. The van der Waals surface area contributed by atoms with Crippen molar-refractivity contribution in [1.82, 2.24) is 31.4 Å². The number of aliphatic carboxylic acids is 1. The molecule has 2 fully saturated rings. The molecule has 0 unspecified atom stereocenters. The number of ether oxygens (including phenoxy) is 1.